The summed E-state index contributed by atoms with van der Waals surface area (Å²) in [6.45, 7) is 3.49. The lowest BCUT2D eigenvalue weighted by Gasteiger charge is -2.11. The highest BCUT2D eigenvalue weighted by Crippen LogP contribution is 2.34. The number of nitrogens with two attached hydrogens (primary N) is 1. The Balaban J connectivity index is 0.000000188. The Morgan fingerprint density at radius 3 is 2.02 bits per heavy atom. The molecule has 0 unspecified atom stereocenters. The van der Waals surface area contributed by atoms with E-state index in [1.54, 1.807) is 50.2 Å². The van der Waals surface area contributed by atoms with Crippen LogP contribution in [0.1, 0.15) is 39.6 Å². The van der Waals surface area contributed by atoms with Gasteiger partial charge in [-0.3, -0.25) is 4.79 Å². The molecule has 0 saturated heterocycles. The van der Waals surface area contributed by atoms with Gasteiger partial charge in [-0.15, -0.1) is 0 Å². The summed E-state index contributed by atoms with van der Waals surface area (Å²) < 4.78 is 52.4. The number of anilines is 1. The highest BCUT2D eigenvalue weighted by atomic mass is 35.5. The lowest BCUT2D eigenvalue weighted by atomic mass is 10.0. The molecule has 42 heavy (non-hydrogen) atoms. The van der Waals surface area contributed by atoms with Crippen LogP contribution in [0, 0.1) is 30.2 Å². The Labute approximate surface area is 244 Å². The van der Waals surface area contributed by atoms with E-state index in [1.807, 2.05) is 0 Å². The third-order valence-corrected chi connectivity index (χ3v) is 6.47. The molecule has 0 bridgehead atoms. The van der Waals surface area contributed by atoms with E-state index in [-0.39, 0.29) is 28.4 Å². The molecule has 0 spiro atoms. The second kappa shape index (κ2) is 14.2. The van der Waals surface area contributed by atoms with E-state index < -0.39 is 23.4 Å². The van der Waals surface area contributed by atoms with Crippen LogP contribution in [-0.2, 0) is 0 Å². The van der Waals surface area contributed by atoms with Crippen LogP contribution in [0.25, 0.3) is 22.2 Å². The number of aromatic nitrogens is 1. The van der Waals surface area contributed by atoms with Crippen LogP contribution in [0.4, 0.5) is 23.2 Å². The number of hydrogen-bond acceptors (Lipinski definition) is 4. The van der Waals surface area contributed by atoms with E-state index in [0.29, 0.717) is 39.2 Å². The number of carbonyl (C=O) groups excluding carboxylic acids is 1. The number of nitrogens with zero attached hydrogens (tertiary/aromatic N) is 1. The van der Waals surface area contributed by atoms with Crippen molar-refractivity contribution in [1.82, 2.24) is 4.98 Å². The number of carbonyl (C=O) groups is 2. The van der Waals surface area contributed by atoms with Gasteiger partial charge >= 0.3 is 5.97 Å². The summed E-state index contributed by atoms with van der Waals surface area (Å²) in [5, 5.41) is 9.58. The van der Waals surface area contributed by atoms with Gasteiger partial charge in [-0.25, -0.2) is 27.3 Å². The second-order valence-electron chi connectivity index (χ2n) is 8.83. The molecule has 1 heterocycles. The largest absolute Gasteiger partial charge is 0.478 e. The Hall–Kier alpha value is -4.76. The minimum Gasteiger partial charge on any atom is -0.478 e. The summed E-state index contributed by atoms with van der Waals surface area (Å²) in [5.74, 6) is -3.04. The Morgan fingerprint density at radius 2 is 1.43 bits per heavy atom. The number of halogens is 5. The van der Waals surface area contributed by atoms with Crippen molar-refractivity contribution in [3.63, 3.8) is 0 Å². The molecule has 0 radical (unpaired) electrons. The van der Waals surface area contributed by atoms with Gasteiger partial charge in [0.15, 0.2) is 5.78 Å². The summed E-state index contributed by atoms with van der Waals surface area (Å²) in [5.41, 5.74) is 7.14. The van der Waals surface area contributed by atoms with Crippen molar-refractivity contribution in [2.75, 3.05) is 5.73 Å². The molecule has 10 heteroatoms. The fourth-order valence-electron chi connectivity index (χ4n) is 3.81. The third-order valence-electron chi connectivity index (χ3n) is 5.98. The SMILES string of the molecule is CCC(=O)c1ccccc1F.Cc1c(-c2ccccc2F)nc2cc(F)ccc2c1Cl.Nc1cc(F)ccc1C(=O)O. The minimum atomic E-state index is -1.15. The fraction of sp³-hybridized carbons (Fsp3) is 0.0938. The van der Waals surface area contributed by atoms with Crippen LogP contribution in [0.3, 0.4) is 0 Å². The van der Waals surface area contributed by atoms with Crippen LogP contribution < -0.4 is 5.73 Å². The number of nitrogen functional groups attached to an aromatic ring is 1. The standard InChI is InChI=1S/C16H10ClF2N.C9H9FO.C7H6FNO2/c1-9-15(17)12-7-6-10(18)8-14(12)20-16(9)11-4-2-3-5-13(11)19;1-2-9(11)7-5-3-4-6-8(7)10;8-4-1-2-5(7(10)11)6(9)3-4/h2-8H,1H3;3-6H,2H2,1H3;1-3H,9H2,(H,10,11). The van der Waals surface area contributed by atoms with E-state index in [2.05, 4.69) is 4.98 Å². The maximum absolute atomic E-state index is 13.9. The van der Waals surface area contributed by atoms with Crippen LogP contribution in [0.15, 0.2) is 84.9 Å². The maximum atomic E-state index is 13.9. The van der Waals surface area contributed by atoms with Gasteiger partial charge in [0.25, 0.3) is 0 Å². The van der Waals surface area contributed by atoms with Gasteiger partial charge in [0.1, 0.15) is 23.3 Å². The normalized spacial score (nSPS) is 10.3. The van der Waals surface area contributed by atoms with E-state index in [4.69, 9.17) is 22.4 Å². The van der Waals surface area contributed by atoms with E-state index >= 15 is 0 Å². The summed E-state index contributed by atoms with van der Waals surface area (Å²) >= 11 is 6.30. The smallest absolute Gasteiger partial charge is 0.337 e. The highest BCUT2D eigenvalue weighted by Gasteiger charge is 2.15. The monoisotopic (exact) mass is 596 g/mol. The number of fused-ring (bicyclic) bond motifs is 1. The van der Waals surface area contributed by atoms with Crippen molar-refractivity contribution >= 4 is 39.9 Å². The fourth-order valence-corrected chi connectivity index (χ4v) is 4.06. The number of rotatable bonds is 4. The van der Waals surface area contributed by atoms with Crippen molar-refractivity contribution in [2.45, 2.75) is 20.3 Å². The average Bonchev–Trinajstić information content (AvgIpc) is 2.95. The van der Waals surface area contributed by atoms with Crippen LogP contribution >= 0.6 is 11.6 Å². The van der Waals surface area contributed by atoms with Gasteiger partial charge in [-0.2, -0.15) is 0 Å². The first-order valence-electron chi connectivity index (χ1n) is 12.5. The molecule has 0 atom stereocenters. The first-order chi connectivity index (χ1) is 19.9. The summed E-state index contributed by atoms with van der Waals surface area (Å²) in [4.78, 5) is 25.7. The van der Waals surface area contributed by atoms with Crippen molar-refractivity contribution < 1.29 is 32.3 Å². The van der Waals surface area contributed by atoms with Crippen LogP contribution in [0.5, 0.6) is 0 Å². The number of aromatic carboxylic acids is 1. The minimum absolute atomic E-state index is 0.0579. The van der Waals surface area contributed by atoms with E-state index in [9.17, 15) is 27.2 Å². The van der Waals surface area contributed by atoms with Crippen molar-refractivity contribution in [3.05, 3.63) is 130 Å². The number of hydrogen-bond donors (Lipinski definition) is 2. The van der Waals surface area contributed by atoms with E-state index in [1.165, 1.54) is 30.3 Å². The van der Waals surface area contributed by atoms with Crippen molar-refractivity contribution in [1.29, 1.82) is 0 Å². The molecule has 4 aromatic carbocycles. The molecule has 0 fully saturated rings. The van der Waals surface area contributed by atoms with Gasteiger partial charge in [0, 0.05) is 29.1 Å². The Kier molecular flexibility index (Phi) is 10.8. The predicted molar refractivity (Wildman–Crippen MR) is 156 cm³/mol. The van der Waals surface area contributed by atoms with Crippen LogP contribution in [0.2, 0.25) is 5.02 Å². The van der Waals surface area contributed by atoms with Gasteiger partial charge < -0.3 is 10.8 Å². The Morgan fingerprint density at radius 1 is 0.833 bits per heavy atom. The molecule has 216 valence electrons. The van der Waals surface area contributed by atoms with Crippen molar-refractivity contribution in [2.24, 2.45) is 0 Å². The first-order valence-corrected chi connectivity index (χ1v) is 12.9. The van der Waals surface area contributed by atoms with Gasteiger partial charge in [-0.05, 0) is 67.1 Å². The summed E-state index contributed by atoms with van der Waals surface area (Å²) in [6.07, 6.45) is 0.348. The van der Waals surface area contributed by atoms with Crippen LogP contribution in [-0.4, -0.2) is 21.8 Å². The molecular formula is C32H25ClF4N2O3. The van der Waals surface area contributed by atoms with Gasteiger partial charge in [0.05, 0.1) is 27.4 Å². The topological polar surface area (TPSA) is 93.3 Å². The molecule has 5 rings (SSSR count). The quantitative estimate of drug-likeness (QED) is 0.123. The molecule has 5 nitrogen and oxygen atoms in total. The maximum Gasteiger partial charge on any atom is 0.337 e. The zero-order chi connectivity index (χ0) is 31.0. The molecule has 0 aliphatic rings. The highest BCUT2D eigenvalue weighted by molar-refractivity contribution is 6.36. The molecule has 3 N–H and O–H groups in total. The second-order valence-corrected chi connectivity index (χ2v) is 9.21. The summed E-state index contributed by atoms with van der Waals surface area (Å²) in [7, 11) is 0. The number of ketones is 1. The summed E-state index contributed by atoms with van der Waals surface area (Å²) in [6, 6.07) is 19.7. The predicted octanol–water partition coefficient (Wildman–Crippen LogP) is 8.67. The van der Waals surface area contributed by atoms with Gasteiger partial charge in [0.2, 0.25) is 0 Å². The number of Topliss-reactive ketones (excluding diaryl/α,β-unsaturated/α-hetero) is 1. The zero-order valence-electron chi connectivity index (χ0n) is 22.5. The zero-order valence-corrected chi connectivity index (χ0v) is 23.2. The lowest BCUT2D eigenvalue weighted by Crippen LogP contribution is -2.02. The van der Waals surface area contributed by atoms with E-state index in [0.717, 1.165) is 18.2 Å². The Bertz CT molecular complexity index is 1760. The first kappa shape index (κ1) is 31.8. The number of carboxylic acid groups (broad SMARTS) is 1. The van der Waals surface area contributed by atoms with Gasteiger partial charge in [-0.1, -0.05) is 42.8 Å². The number of carboxylic acids is 1. The molecule has 0 saturated carbocycles. The molecular weight excluding hydrogens is 572 g/mol. The molecule has 5 aromatic rings. The number of pyridine rings is 1. The lowest BCUT2D eigenvalue weighted by molar-refractivity contribution is 0.0697. The number of benzene rings is 4. The molecule has 0 aliphatic carbocycles. The molecule has 0 amide bonds. The molecule has 0 aliphatic heterocycles. The molecule has 1 aromatic heterocycles. The third kappa shape index (κ3) is 7.70. The average molecular weight is 597 g/mol. The van der Waals surface area contributed by atoms with Crippen molar-refractivity contribution in [3.8, 4) is 11.3 Å².